The second kappa shape index (κ2) is 8.78. The van der Waals surface area contributed by atoms with Crippen LogP contribution in [0.25, 0.3) is 0 Å². The van der Waals surface area contributed by atoms with E-state index in [0.29, 0.717) is 5.92 Å². The van der Waals surface area contributed by atoms with Crippen LogP contribution in [0.2, 0.25) is 0 Å². The fraction of sp³-hybridized carbons (Fsp3) is 0.600. The molecular formula is C15H22Cl2FN3O2. The van der Waals surface area contributed by atoms with Crippen molar-refractivity contribution < 1.29 is 9.31 Å². The van der Waals surface area contributed by atoms with Gasteiger partial charge in [-0.25, -0.2) is 0 Å². The summed E-state index contributed by atoms with van der Waals surface area (Å²) in [4.78, 5) is 12.7. The standard InChI is InChI=1S/C15H20FN3O2.2ClH/c16-13-4-3-12(10-15(13)19(20)21)14(9-11-1-2-11)18-7-5-17-6-8-18;;/h3-4,10-11,14,17H,1-2,5-9H2;2*1H/t14-;;/m1../s1. The minimum absolute atomic E-state index is 0. The lowest BCUT2D eigenvalue weighted by atomic mass is 9.98. The van der Waals surface area contributed by atoms with Gasteiger partial charge >= 0.3 is 5.69 Å². The Kier molecular flexibility index (Phi) is 7.67. The molecule has 5 nitrogen and oxygen atoms in total. The summed E-state index contributed by atoms with van der Waals surface area (Å²) in [6, 6.07) is 4.52. The van der Waals surface area contributed by atoms with E-state index in [1.54, 1.807) is 6.07 Å². The molecule has 1 aliphatic heterocycles. The van der Waals surface area contributed by atoms with Crippen LogP contribution >= 0.6 is 24.8 Å². The summed E-state index contributed by atoms with van der Waals surface area (Å²) >= 11 is 0. The van der Waals surface area contributed by atoms with Crippen LogP contribution in [0.5, 0.6) is 0 Å². The first-order valence-corrected chi connectivity index (χ1v) is 7.54. The van der Waals surface area contributed by atoms with Gasteiger partial charge in [-0.3, -0.25) is 15.0 Å². The second-order valence-corrected chi connectivity index (χ2v) is 5.95. The molecule has 1 aromatic rings. The van der Waals surface area contributed by atoms with Crippen molar-refractivity contribution in [3.63, 3.8) is 0 Å². The van der Waals surface area contributed by atoms with Crippen molar-refractivity contribution in [1.29, 1.82) is 0 Å². The van der Waals surface area contributed by atoms with Crippen molar-refractivity contribution in [3.8, 4) is 0 Å². The molecular weight excluding hydrogens is 344 g/mol. The van der Waals surface area contributed by atoms with Crippen LogP contribution in [0.15, 0.2) is 18.2 Å². The molecule has 0 amide bonds. The maximum Gasteiger partial charge on any atom is 0.305 e. The number of halogens is 3. The molecule has 23 heavy (non-hydrogen) atoms. The third-order valence-corrected chi connectivity index (χ3v) is 4.40. The summed E-state index contributed by atoms with van der Waals surface area (Å²) in [5, 5.41) is 14.3. The Morgan fingerprint density at radius 1 is 1.30 bits per heavy atom. The summed E-state index contributed by atoms with van der Waals surface area (Å²) in [5.41, 5.74) is 0.459. The van der Waals surface area contributed by atoms with Crippen molar-refractivity contribution in [3.05, 3.63) is 39.7 Å². The number of nitro groups is 1. The Balaban J connectivity index is 0.00000132. The lowest BCUT2D eigenvalue weighted by molar-refractivity contribution is -0.387. The average Bonchev–Trinajstić information content (AvgIpc) is 3.30. The van der Waals surface area contributed by atoms with Crippen molar-refractivity contribution in [2.45, 2.75) is 25.3 Å². The quantitative estimate of drug-likeness (QED) is 0.642. The molecule has 1 aliphatic carbocycles. The fourth-order valence-corrected chi connectivity index (χ4v) is 3.04. The number of piperazine rings is 1. The number of nitrogens with one attached hydrogen (secondary N) is 1. The zero-order valence-corrected chi connectivity index (χ0v) is 14.4. The Hall–Kier alpha value is -0.950. The predicted octanol–water partition coefficient (Wildman–Crippen LogP) is 3.32. The number of rotatable bonds is 5. The summed E-state index contributed by atoms with van der Waals surface area (Å²) < 4.78 is 13.5. The molecule has 2 aliphatic rings. The van der Waals surface area contributed by atoms with Gasteiger partial charge in [0.05, 0.1) is 4.92 Å². The van der Waals surface area contributed by atoms with Crippen molar-refractivity contribution in [2.75, 3.05) is 26.2 Å². The molecule has 3 rings (SSSR count). The number of benzene rings is 1. The van der Waals surface area contributed by atoms with Crippen molar-refractivity contribution in [2.24, 2.45) is 5.92 Å². The maximum atomic E-state index is 13.5. The van der Waals surface area contributed by atoms with Gasteiger partial charge in [-0.2, -0.15) is 4.39 Å². The maximum absolute atomic E-state index is 13.5. The van der Waals surface area contributed by atoms with Gasteiger partial charge in [-0.1, -0.05) is 18.9 Å². The zero-order chi connectivity index (χ0) is 14.8. The summed E-state index contributed by atoms with van der Waals surface area (Å²) in [6.07, 6.45) is 3.50. The van der Waals surface area contributed by atoms with Crippen LogP contribution in [0.3, 0.4) is 0 Å². The molecule has 1 saturated carbocycles. The van der Waals surface area contributed by atoms with E-state index in [1.165, 1.54) is 25.0 Å². The van der Waals surface area contributed by atoms with Crippen LogP contribution in [0.4, 0.5) is 10.1 Å². The first-order chi connectivity index (χ1) is 10.1. The van der Waals surface area contributed by atoms with E-state index < -0.39 is 16.4 Å². The summed E-state index contributed by atoms with van der Waals surface area (Å²) in [7, 11) is 0. The minimum Gasteiger partial charge on any atom is -0.314 e. The van der Waals surface area contributed by atoms with Crippen LogP contribution in [-0.4, -0.2) is 36.0 Å². The monoisotopic (exact) mass is 365 g/mol. The summed E-state index contributed by atoms with van der Waals surface area (Å²) in [6.45, 7) is 3.74. The highest BCUT2D eigenvalue weighted by Crippen LogP contribution is 2.40. The van der Waals surface area contributed by atoms with Crippen LogP contribution in [0, 0.1) is 21.8 Å². The molecule has 0 unspecified atom stereocenters. The van der Waals surface area contributed by atoms with Crippen LogP contribution in [0.1, 0.15) is 30.9 Å². The zero-order valence-electron chi connectivity index (χ0n) is 12.7. The van der Waals surface area contributed by atoms with E-state index in [1.807, 2.05) is 0 Å². The molecule has 130 valence electrons. The average molecular weight is 366 g/mol. The van der Waals surface area contributed by atoms with E-state index in [2.05, 4.69) is 10.2 Å². The van der Waals surface area contributed by atoms with Gasteiger partial charge < -0.3 is 5.32 Å². The van der Waals surface area contributed by atoms with E-state index in [0.717, 1.165) is 38.2 Å². The molecule has 0 radical (unpaired) electrons. The molecule has 1 aromatic carbocycles. The van der Waals surface area contributed by atoms with Gasteiger partial charge in [0.25, 0.3) is 0 Å². The first-order valence-electron chi connectivity index (χ1n) is 7.54. The number of hydrogen-bond acceptors (Lipinski definition) is 4. The number of nitrogens with zero attached hydrogens (tertiary/aromatic N) is 2. The normalized spacial score (nSPS) is 19.3. The smallest absolute Gasteiger partial charge is 0.305 e. The third-order valence-electron chi connectivity index (χ3n) is 4.40. The molecule has 1 heterocycles. The second-order valence-electron chi connectivity index (χ2n) is 5.95. The minimum atomic E-state index is -0.755. The summed E-state index contributed by atoms with van der Waals surface area (Å²) in [5.74, 6) is -0.0387. The number of hydrogen-bond donors (Lipinski definition) is 1. The van der Waals surface area contributed by atoms with Gasteiger partial charge in [0.1, 0.15) is 0 Å². The van der Waals surface area contributed by atoms with E-state index in [9.17, 15) is 14.5 Å². The molecule has 1 N–H and O–H groups in total. The Bertz CT molecular complexity index is 537. The highest BCUT2D eigenvalue weighted by molar-refractivity contribution is 5.85. The molecule has 0 aromatic heterocycles. The lowest BCUT2D eigenvalue weighted by Gasteiger charge is -2.35. The molecule has 0 bridgehead atoms. The van der Waals surface area contributed by atoms with E-state index >= 15 is 0 Å². The van der Waals surface area contributed by atoms with Crippen molar-refractivity contribution in [1.82, 2.24) is 10.2 Å². The SMILES string of the molecule is Cl.Cl.O=[N+]([O-])c1cc([C@@H](CC2CC2)N2CCNCC2)ccc1F. The van der Waals surface area contributed by atoms with Crippen LogP contribution in [-0.2, 0) is 0 Å². The van der Waals surface area contributed by atoms with Gasteiger partial charge in [0.15, 0.2) is 0 Å². The first kappa shape index (κ1) is 20.1. The molecule has 8 heteroatoms. The Labute approximate surface area is 147 Å². The highest BCUT2D eigenvalue weighted by atomic mass is 35.5. The Morgan fingerprint density at radius 3 is 2.52 bits per heavy atom. The predicted molar refractivity (Wildman–Crippen MR) is 92.1 cm³/mol. The molecule has 1 atom stereocenters. The molecule has 1 saturated heterocycles. The van der Waals surface area contributed by atoms with Gasteiger partial charge in [-0.05, 0) is 24.0 Å². The van der Waals surface area contributed by atoms with Gasteiger partial charge in [0.2, 0.25) is 5.82 Å². The molecule has 0 spiro atoms. The Morgan fingerprint density at radius 2 is 1.96 bits per heavy atom. The van der Waals surface area contributed by atoms with Gasteiger partial charge in [-0.15, -0.1) is 24.8 Å². The number of nitro benzene ring substituents is 1. The van der Waals surface area contributed by atoms with E-state index in [-0.39, 0.29) is 30.9 Å². The lowest BCUT2D eigenvalue weighted by Crippen LogP contribution is -2.45. The fourth-order valence-electron chi connectivity index (χ4n) is 3.04. The highest BCUT2D eigenvalue weighted by Gasteiger charge is 2.31. The molecule has 2 fully saturated rings. The topological polar surface area (TPSA) is 58.4 Å². The van der Waals surface area contributed by atoms with Crippen molar-refractivity contribution >= 4 is 30.5 Å². The van der Waals surface area contributed by atoms with Crippen LogP contribution < -0.4 is 5.32 Å². The third kappa shape index (κ3) is 5.01. The van der Waals surface area contributed by atoms with E-state index in [4.69, 9.17) is 0 Å². The largest absolute Gasteiger partial charge is 0.314 e. The van der Waals surface area contributed by atoms with Gasteiger partial charge in [0, 0.05) is 38.3 Å².